The highest BCUT2D eigenvalue weighted by Crippen LogP contribution is 2.20. The van der Waals surface area contributed by atoms with Crippen molar-refractivity contribution in [2.24, 2.45) is 5.92 Å². The number of aromatic nitrogens is 2. The molecule has 0 saturated carbocycles. The third-order valence-electron chi connectivity index (χ3n) is 2.69. The lowest BCUT2D eigenvalue weighted by Crippen LogP contribution is -2.30. The molecule has 16 heavy (non-hydrogen) atoms. The first-order chi connectivity index (χ1) is 7.70. The average Bonchev–Trinajstić information content (AvgIpc) is 2.78. The summed E-state index contributed by atoms with van der Waals surface area (Å²) in [7, 11) is 1.66. The van der Waals surface area contributed by atoms with Crippen molar-refractivity contribution < 1.29 is 4.79 Å². The molecule has 86 valence electrons. The summed E-state index contributed by atoms with van der Waals surface area (Å²) in [5, 5.41) is 3.18. The molecule has 0 radical (unpaired) electrons. The number of nitrogens with one attached hydrogen (secondary N) is 1. The van der Waals surface area contributed by atoms with Gasteiger partial charge in [-0.1, -0.05) is 11.6 Å². The summed E-state index contributed by atoms with van der Waals surface area (Å²) in [5.41, 5.74) is 0. The molecule has 5 nitrogen and oxygen atoms in total. The van der Waals surface area contributed by atoms with E-state index in [0.717, 1.165) is 13.0 Å². The van der Waals surface area contributed by atoms with Crippen LogP contribution in [-0.4, -0.2) is 36.0 Å². The Bertz CT molecular complexity index is 381. The number of nitrogens with zero attached hydrogens (tertiary/aromatic N) is 3. The topological polar surface area (TPSA) is 58.1 Å². The van der Waals surface area contributed by atoms with Crippen molar-refractivity contribution in [3.8, 4) is 0 Å². The van der Waals surface area contributed by atoms with Gasteiger partial charge in [-0.05, 0) is 6.42 Å². The summed E-state index contributed by atoms with van der Waals surface area (Å²) in [6.07, 6.45) is 3.97. The Morgan fingerprint density at radius 3 is 2.88 bits per heavy atom. The maximum Gasteiger partial charge on any atom is 0.225 e. The molecule has 0 unspecified atom stereocenters. The van der Waals surface area contributed by atoms with E-state index in [1.807, 2.05) is 4.90 Å². The number of rotatable bonds is 2. The van der Waals surface area contributed by atoms with Crippen LogP contribution in [0.3, 0.4) is 0 Å². The molecule has 2 heterocycles. The van der Waals surface area contributed by atoms with Crippen molar-refractivity contribution in [2.45, 2.75) is 6.42 Å². The normalized spacial score (nSPS) is 19.9. The predicted octanol–water partition coefficient (Wildman–Crippen LogP) is 0.702. The van der Waals surface area contributed by atoms with Crippen molar-refractivity contribution in [3.63, 3.8) is 0 Å². The molecule has 1 saturated heterocycles. The minimum absolute atomic E-state index is 0.0317. The highest BCUT2D eigenvalue weighted by molar-refractivity contribution is 6.30. The van der Waals surface area contributed by atoms with Crippen LogP contribution in [0.5, 0.6) is 0 Å². The highest BCUT2D eigenvalue weighted by Gasteiger charge is 2.28. The number of carbonyl (C=O) groups is 1. The molecular formula is C10H13ClN4O. The van der Waals surface area contributed by atoms with Gasteiger partial charge in [0.15, 0.2) is 0 Å². The van der Waals surface area contributed by atoms with Gasteiger partial charge in [0.25, 0.3) is 0 Å². The quantitative estimate of drug-likeness (QED) is 0.827. The van der Waals surface area contributed by atoms with Crippen LogP contribution in [0, 0.1) is 5.92 Å². The molecule has 0 bridgehead atoms. The lowest BCUT2D eigenvalue weighted by molar-refractivity contribution is -0.123. The Hall–Kier alpha value is -1.36. The Morgan fingerprint density at radius 2 is 2.25 bits per heavy atom. The van der Waals surface area contributed by atoms with E-state index in [1.165, 1.54) is 0 Å². The predicted molar refractivity (Wildman–Crippen MR) is 61.4 cm³/mol. The number of anilines is 1. The smallest absolute Gasteiger partial charge is 0.225 e. The van der Waals surface area contributed by atoms with Gasteiger partial charge < -0.3 is 10.2 Å². The minimum atomic E-state index is 0.0317. The van der Waals surface area contributed by atoms with Gasteiger partial charge in [-0.25, -0.2) is 9.97 Å². The van der Waals surface area contributed by atoms with E-state index in [9.17, 15) is 4.79 Å². The van der Waals surface area contributed by atoms with E-state index in [1.54, 1.807) is 19.4 Å². The number of hydrogen-bond acceptors (Lipinski definition) is 4. The molecule has 0 aliphatic carbocycles. The van der Waals surface area contributed by atoms with Gasteiger partial charge in [0.1, 0.15) is 0 Å². The summed E-state index contributed by atoms with van der Waals surface area (Å²) in [5.74, 6) is 0.747. The van der Waals surface area contributed by atoms with Crippen LogP contribution in [0.15, 0.2) is 12.4 Å². The van der Waals surface area contributed by atoms with E-state index >= 15 is 0 Å². The molecule has 1 atom stereocenters. The maximum atomic E-state index is 11.4. The van der Waals surface area contributed by atoms with E-state index in [2.05, 4.69) is 15.3 Å². The number of amides is 1. The SMILES string of the molecule is CNC(=O)[C@@H]1CCN(c2ncc(Cl)cn2)C1. The second-order valence-corrected chi connectivity index (χ2v) is 4.18. The lowest BCUT2D eigenvalue weighted by atomic mass is 10.1. The van der Waals surface area contributed by atoms with E-state index in [4.69, 9.17) is 11.6 Å². The highest BCUT2D eigenvalue weighted by atomic mass is 35.5. The molecule has 6 heteroatoms. The molecule has 0 aromatic carbocycles. The van der Waals surface area contributed by atoms with Gasteiger partial charge in [0, 0.05) is 20.1 Å². The Kier molecular flexibility index (Phi) is 3.24. The van der Waals surface area contributed by atoms with E-state index in [0.29, 0.717) is 17.5 Å². The average molecular weight is 241 g/mol. The van der Waals surface area contributed by atoms with E-state index < -0.39 is 0 Å². The third-order valence-corrected chi connectivity index (χ3v) is 2.89. The second-order valence-electron chi connectivity index (χ2n) is 3.75. The maximum absolute atomic E-state index is 11.4. The summed E-state index contributed by atoms with van der Waals surface area (Å²) in [6, 6.07) is 0. The molecule has 1 aliphatic rings. The Morgan fingerprint density at radius 1 is 1.56 bits per heavy atom. The molecule has 2 rings (SSSR count). The van der Waals surface area contributed by atoms with Crippen LogP contribution in [0.25, 0.3) is 0 Å². The lowest BCUT2D eigenvalue weighted by Gasteiger charge is -2.15. The summed E-state index contributed by atoms with van der Waals surface area (Å²) in [4.78, 5) is 21.7. The zero-order chi connectivity index (χ0) is 11.5. The summed E-state index contributed by atoms with van der Waals surface area (Å²) < 4.78 is 0. The fourth-order valence-electron chi connectivity index (χ4n) is 1.83. The third kappa shape index (κ3) is 2.24. The standard InChI is InChI=1S/C10H13ClN4O/c1-12-9(16)7-2-3-15(6-7)10-13-4-8(11)5-14-10/h4-5,7H,2-3,6H2,1H3,(H,12,16)/t7-/m1/s1. The first kappa shape index (κ1) is 11.1. The van der Waals surface area contributed by atoms with E-state index in [-0.39, 0.29) is 11.8 Å². The minimum Gasteiger partial charge on any atom is -0.359 e. The van der Waals surface area contributed by atoms with Gasteiger partial charge in [0.2, 0.25) is 11.9 Å². The largest absolute Gasteiger partial charge is 0.359 e. The number of hydrogen-bond donors (Lipinski definition) is 1. The van der Waals surface area contributed by atoms with Crippen LogP contribution in [-0.2, 0) is 4.79 Å². The van der Waals surface area contributed by atoms with Crippen LogP contribution in [0.2, 0.25) is 5.02 Å². The van der Waals surface area contributed by atoms with Crippen molar-refractivity contribution in [1.82, 2.24) is 15.3 Å². The monoisotopic (exact) mass is 240 g/mol. The van der Waals surface area contributed by atoms with Crippen molar-refractivity contribution in [1.29, 1.82) is 0 Å². The zero-order valence-electron chi connectivity index (χ0n) is 8.98. The molecule has 1 fully saturated rings. The molecule has 1 aliphatic heterocycles. The van der Waals surface area contributed by atoms with Gasteiger partial charge in [-0.15, -0.1) is 0 Å². The van der Waals surface area contributed by atoms with Crippen molar-refractivity contribution in [2.75, 3.05) is 25.0 Å². The van der Waals surface area contributed by atoms with Crippen LogP contribution >= 0.6 is 11.6 Å². The van der Waals surface area contributed by atoms with Gasteiger partial charge >= 0.3 is 0 Å². The van der Waals surface area contributed by atoms with Gasteiger partial charge in [-0.3, -0.25) is 4.79 Å². The zero-order valence-corrected chi connectivity index (χ0v) is 9.74. The van der Waals surface area contributed by atoms with Crippen LogP contribution in [0.4, 0.5) is 5.95 Å². The van der Waals surface area contributed by atoms with Gasteiger partial charge in [-0.2, -0.15) is 0 Å². The Balaban J connectivity index is 2.03. The molecule has 1 N–H and O–H groups in total. The first-order valence-electron chi connectivity index (χ1n) is 5.15. The molecule has 1 aromatic rings. The molecule has 1 aromatic heterocycles. The second kappa shape index (κ2) is 4.65. The summed E-state index contributed by atoms with van der Waals surface area (Å²) >= 11 is 5.71. The molecule has 0 spiro atoms. The van der Waals surface area contributed by atoms with Crippen LogP contribution < -0.4 is 10.2 Å². The van der Waals surface area contributed by atoms with Gasteiger partial charge in [0.05, 0.1) is 23.3 Å². The van der Waals surface area contributed by atoms with Crippen molar-refractivity contribution in [3.05, 3.63) is 17.4 Å². The van der Waals surface area contributed by atoms with Crippen molar-refractivity contribution >= 4 is 23.5 Å². The number of halogens is 1. The number of carbonyl (C=O) groups excluding carboxylic acids is 1. The molecular weight excluding hydrogens is 228 g/mol. The summed E-state index contributed by atoms with van der Waals surface area (Å²) in [6.45, 7) is 1.47. The Labute approximate surface area is 98.8 Å². The van der Waals surface area contributed by atoms with Crippen LogP contribution in [0.1, 0.15) is 6.42 Å². The fraction of sp³-hybridized carbons (Fsp3) is 0.500. The fourth-order valence-corrected chi connectivity index (χ4v) is 1.93. The molecule has 1 amide bonds. The first-order valence-corrected chi connectivity index (χ1v) is 5.52.